The van der Waals surface area contributed by atoms with Gasteiger partial charge in [0.05, 0.1) is 12.7 Å². The third-order valence-corrected chi connectivity index (χ3v) is 4.38. The van der Waals surface area contributed by atoms with E-state index in [0.29, 0.717) is 19.5 Å². The van der Waals surface area contributed by atoms with Crippen molar-refractivity contribution in [1.29, 1.82) is 0 Å². The van der Waals surface area contributed by atoms with E-state index in [1.807, 2.05) is 18.2 Å². The van der Waals surface area contributed by atoms with Gasteiger partial charge in [0.2, 0.25) is 0 Å². The van der Waals surface area contributed by atoms with Crippen LogP contribution in [0.2, 0.25) is 0 Å². The first-order valence-electron chi connectivity index (χ1n) is 7.79. The van der Waals surface area contributed by atoms with Crippen molar-refractivity contribution >= 4 is 6.47 Å². The lowest BCUT2D eigenvalue weighted by Crippen LogP contribution is -2.33. The van der Waals surface area contributed by atoms with Gasteiger partial charge in [-0.3, -0.25) is 4.79 Å². The number of carbonyl (C=O) groups is 1. The number of carbonyl (C=O) groups excluding carboxylic acids is 1. The Bertz CT molecular complexity index is 453. The summed E-state index contributed by atoms with van der Waals surface area (Å²) in [6.07, 6.45) is 6.02. The molecule has 1 aromatic rings. The van der Waals surface area contributed by atoms with Gasteiger partial charge in [0.15, 0.2) is 5.79 Å². The molecule has 0 radical (unpaired) electrons. The van der Waals surface area contributed by atoms with Crippen LogP contribution in [0.4, 0.5) is 0 Å². The first-order chi connectivity index (χ1) is 10.3. The minimum atomic E-state index is -0.426. The van der Waals surface area contributed by atoms with E-state index >= 15 is 0 Å². The van der Waals surface area contributed by atoms with Crippen LogP contribution in [-0.2, 0) is 19.0 Å². The van der Waals surface area contributed by atoms with Crippen molar-refractivity contribution in [2.45, 2.75) is 56.5 Å². The quantitative estimate of drug-likeness (QED) is 0.616. The van der Waals surface area contributed by atoms with Gasteiger partial charge in [0.1, 0.15) is 6.10 Å². The lowest BCUT2D eigenvalue weighted by atomic mass is 9.94. The first kappa shape index (κ1) is 14.5. The van der Waals surface area contributed by atoms with E-state index in [1.54, 1.807) is 0 Å². The Kier molecular flexibility index (Phi) is 4.56. The van der Waals surface area contributed by atoms with Crippen LogP contribution in [0.15, 0.2) is 30.3 Å². The molecular formula is C17H22O4. The normalized spacial score (nSPS) is 27.6. The average molecular weight is 290 g/mol. The molecule has 0 amide bonds. The predicted octanol–water partition coefficient (Wildman–Crippen LogP) is 3.37. The summed E-state index contributed by atoms with van der Waals surface area (Å²) in [5.41, 5.74) is 1.14. The molecule has 1 heterocycles. The van der Waals surface area contributed by atoms with Gasteiger partial charge in [-0.1, -0.05) is 36.8 Å². The lowest BCUT2D eigenvalue weighted by molar-refractivity contribution is -0.195. The van der Waals surface area contributed by atoms with Crippen molar-refractivity contribution in [3.05, 3.63) is 35.9 Å². The third kappa shape index (κ3) is 3.27. The van der Waals surface area contributed by atoms with Crippen LogP contribution in [0.1, 0.15) is 50.2 Å². The van der Waals surface area contributed by atoms with Gasteiger partial charge in [0, 0.05) is 19.3 Å². The minimum Gasteiger partial charge on any atom is -0.468 e. The molecule has 0 bridgehead atoms. The van der Waals surface area contributed by atoms with Crippen molar-refractivity contribution in [1.82, 2.24) is 0 Å². The molecule has 1 spiro atoms. The molecule has 2 aliphatic rings. The molecule has 21 heavy (non-hydrogen) atoms. The van der Waals surface area contributed by atoms with Gasteiger partial charge in [-0.15, -0.1) is 0 Å². The van der Waals surface area contributed by atoms with E-state index in [0.717, 1.165) is 31.2 Å². The molecule has 1 saturated carbocycles. The second-order valence-electron chi connectivity index (χ2n) is 5.83. The zero-order valence-electron chi connectivity index (χ0n) is 12.2. The monoisotopic (exact) mass is 290 g/mol. The molecule has 1 aliphatic carbocycles. The van der Waals surface area contributed by atoms with E-state index in [1.165, 1.54) is 6.42 Å². The van der Waals surface area contributed by atoms with Crippen molar-refractivity contribution in [2.75, 3.05) is 6.61 Å². The molecule has 1 saturated heterocycles. The molecule has 2 fully saturated rings. The summed E-state index contributed by atoms with van der Waals surface area (Å²) in [7, 11) is 0. The Morgan fingerprint density at radius 1 is 1.14 bits per heavy atom. The van der Waals surface area contributed by atoms with Gasteiger partial charge < -0.3 is 14.2 Å². The fraction of sp³-hybridized carbons (Fsp3) is 0.588. The average Bonchev–Trinajstić information content (AvgIpc) is 2.87. The van der Waals surface area contributed by atoms with E-state index in [4.69, 9.17) is 14.2 Å². The van der Waals surface area contributed by atoms with E-state index in [9.17, 15) is 4.79 Å². The largest absolute Gasteiger partial charge is 0.468 e. The zero-order chi connectivity index (χ0) is 14.5. The molecule has 0 N–H and O–H groups in total. The summed E-state index contributed by atoms with van der Waals surface area (Å²) in [4.78, 5) is 10.3. The highest BCUT2D eigenvalue weighted by atomic mass is 16.8. The van der Waals surface area contributed by atoms with Crippen LogP contribution >= 0.6 is 0 Å². The van der Waals surface area contributed by atoms with Gasteiger partial charge in [-0.2, -0.15) is 0 Å². The summed E-state index contributed by atoms with van der Waals surface area (Å²) >= 11 is 0. The van der Waals surface area contributed by atoms with Gasteiger partial charge >= 0.3 is 0 Å². The fourth-order valence-electron chi connectivity index (χ4n) is 3.37. The van der Waals surface area contributed by atoms with Crippen molar-refractivity contribution in [2.24, 2.45) is 0 Å². The Morgan fingerprint density at radius 3 is 2.62 bits per heavy atom. The highest BCUT2D eigenvalue weighted by Crippen LogP contribution is 2.46. The topological polar surface area (TPSA) is 44.8 Å². The molecule has 1 aromatic carbocycles. The third-order valence-electron chi connectivity index (χ3n) is 4.38. The van der Waals surface area contributed by atoms with Crippen molar-refractivity contribution in [3.63, 3.8) is 0 Å². The first-order valence-corrected chi connectivity index (χ1v) is 7.79. The second-order valence-corrected chi connectivity index (χ2v) is 5.83. The van der Waals surface area contributed by atoms with Gasteiger partial charge in [-0.05, 0) is 18.4 Å². The smallest absolute Gasteiger partial charge is 0.293 e. The van der Waals surface area contributed by atoms with Gasteiger partial charge in [-0.25, -0.2) is 0 Å². The minimum absolute atomic E-state index is 0.0505. The molecule has 3 rings (SSSR count). The number of ether oxygens (including phenoxy) is 3. The molecule has 0 aromatic heterocycles. The number of benzene rings is 1. The molecule has 0 unspecified atom stereocenters. The van der Waals surface area contributed by atoms with Crippen LogP contribution in [-0.4, -0.2) is 25.0 Å². The number of hydrogen-bond donors (Lipinski definition) is 0. The Labute approximate surface area is 125 Å². The maximum atomic E-state index is 10.3. The standard InChI is InChI=1S/C17H22O4/c18-13-19-12-9-15-16(14-7-3-1-4-8-14)21-17(20-15)10-5-2-6-11-17/h1,3-4,7-8,13,15-16H,2,5-6,9-12H2/t15-,16-/m1/s1. The molecular weight excluding hydrogens is 268 g/mol. The molecule has 114 valence electrons. The summed E-state index contributed by atoms with van der Waals surface area (Å²) in [6.45, 7) is 0.862. The summed E-state index contributed by atoms with van der Waals surface area (Å²) < 4.78 is 17.5. The van der Waals surface area contributed by atoms with Crippen LogP contribution in [0.3, 0.4) is 0 Å². The van der Waals surface area contributed by atoms with Crippen LogP contribution in [0, 0.1) is 0 Å². The maximum Gasteiger partial charge on any atom is 0.293 e. The van der Waals surface area contributed by atoms with Crippen LogP contribution < -0.4 is 0 Å². The van der Waals surface area contributed by atoms with Crippen LogP contribution in [0.25, 0.3) is 0 Å². The van der Waals surface area contributed by atoms with Crippen LogP contribution in [0.5, 0.6) is 0 Å². The zero-order valence-corrected chi connectivity index (χ0v) is 12.2. The Hall–Kier alpha value is -1.39. The maximum absolute atomic E-state index is 10.3. The highest BCUT2D eigenvalue weighted by Gasteiger charge is 2.48. The van der Waals surface area contributed by atoms with E-state index < -0.39 is 5.79 Å². The number of hydrogen-bond acceptors (Lipinski definition) is 4. The molecule has 1 aliphatic heterocycles. The summed E-state index contributed by atoms with van der Waals surface area (Å²) in [5, 5.41) is 0. The summed E-state index contributed by atoms with van der Waals surface area (Å²) in [5.74, 6) is -0.426. The Balaban J connectivity index is 1.75. The molecule has 4 heteroatoms. The summed E-state index contributed by atoms with van der Waals surface area (Å²) in [6, 6.07) is 10.2. The van der Waals surface area contributed by atoms with E-state index in [2.05, 4.69) is 12.1 Å². The SMILES string of the molecule is O=COCC[C@H]1OC2(CCCCC2)O[C@@H]1c1ccccc1. The number of rotatable bonds is 5. The fourth-order valence-corrected chi connectivity index (χ4v) is 3.37. The van der Waals surface area contributed by atoms with Gasteiger partial charge in [0.25, 0.3) is 6.47 Å². The second kappa shape index (κ2) is 6.58. The molecule has 4 nitrogen and oxygen atoms in total. The van der Waals surface area contributed by atoms with E-state index in [-0.39, 0.29) is 12.2 Å². The highest BCUT2D eigenvalue weighted by molar-refractivity contribution is 5.36. The molecule has 2 atom stereocenters. The van der Waals surface area contributed by atoms with Crippen molar-refractivity contribution in [3.8, 4) is 0 Å². The van der Waals surface area contributed by atoms with Crippen molar-refractivity contribution < 1.29 is 19.0 Å². The predicted molar refractivity (Wildman–Crippen MR) is 77.6 cm³/mol. The lowest BCUT2D eigenvalue weighted by Gasteiger charge is -2.32. The Morgan fingerprint density at radius 2 is 1.90 bits per heavy atom.